The number of aliphatic hydroxyl groups is 1. The number of pyridine rings is 1. The molecule has 29 heavy (non-hydrogen) atoms. The summed E-state index contributed by atoms with van der Waals surface area (Å²) in [4.78, 5) is 27.0. The Kier molecular flexibility index (Phi) is 6.50. The third kappa shape index (κ3) is 5.42. The number of nitrogens with zero attached hydrogens (tertiary/aromatic N) is 1. The number of carbonyl (C=O) groups excluding carboxylic acids is 2. The van der Waals surface area contributed by atoms with E-state index >= 15 is 0 Å². The summed E-state index contributed by atoms with van der Waals surface area (Å²) in [5.41, 5.74) is 4.92. The maximum atomic E-state index is 12.7. The van der Waals surface area contributed by atoms with Crippen molar-refractivity contribution in [1.82, 2.24) is 4.98 Å². The maximum Gasteiger partial charge on any atom is 0.573 e. The van der Waals surface area contributed by atoms with Gasteiger partial charge in [-0.2, -0.15) is 0 Å². The van der Waals surface area contributed by atoms with Crippen LogP contribution in [0.3, 0.4) is 0 Å². The van der Waals surface area contributed by atoms with Crippen molar-refractivity contribution in [3.05, 3.63) is 30.0 Å². The number of rotatable bonds is 7. The van der Waals surface area contributed by atoms with Gasteiger partial charge in [-0.15, -0.1) is 24.5 Å². The Labute approximate surface area is 166 Å². The van der Waals surface area contributed by atoms with E-state index < -0.39 is 55.5 Å². The molecule has 158 valence electrons. The van der Waals surface area contributed by atoms with Crippen LogP contribution in [0.5, 0.6) is 5.75 Å². The number of halogens is 3. The van der Waals surface area contributed by atoms with Crippen molar-refractivity contribution in [3.8, 4) is 5.75 Å². The lowest BCUT2D eigenvalue weighted by atomic mass is 10.2. The van der Waals surface area contributed by atoms with E-state index in [-0.39, 0.29) is 10.6 Å². The molecule has 0 radical (unpaired) electrons. The summed E-state index contributed by atoms with van der Waals surface area (Å²) in [6, 6.07) is 2.48. The summed E-state index contributed by atoms with van der Waals surface area (Å²) in [6.45, 7) is 0.920. The van der Waals surface area contributed by atoms with Crippen molar-refractivity contribution in [2.75, 3.05) is 11.9 Å². The van der Waals surface area contributed by atoms with Crippen LogP contribution in [0.15, 0.2) is 33.6 Å². The molecule has 2 aromatic rings. The van der Waals surface area contributed by atoms with Crippen molar-refractivity contribution in [2.45, 2.75) is 22.5 Å². The number of ether oxygens (including phenoxy) is 1. The molecule has 2 amide bonds. The summed E-state index contributed by atoms with van der Waals surface area (Å²) >= 11 is 0.506. The van der Waals surface area contributed by atoms with Crippen molar-refractivity contribution < 1.29 is 41.0 Å². The number of amides is 2. The molecule has 1 unspecified atom stereocenters. The van der Waals surface area contributed by atoms with Crippen LogP contribution in [0, 0.1) is 5.92 Å². The highest BCUT2D eigenvalue weighted by atomic mass is 32.2. The molecule has 0 aliphatic carbocycles. The fourth-order valence-electron chi connectivity index (χ4n) is 1.92. The van der Waals surface area contributed by atoms with Gasteiger partial charge in [-0.1, -0.05) is 6.92 Å². The second-order valence-electron chi connectivity index (χ2n) is 5.63. The SMILES string of the molecule is CC(CO)C(=O)Nc1sc(S(=O)(=O)c2ccc(OC(F)(F)F)cn2)cc1C(N)=O. The lowest BCUT2D eigenvalue weighted by Crippen LogP contribution is -2.24. The lowest BCUT2D eigenvalue weighted by molar-refractivity contribution is -0.274. The summed E-state index contributed by atoms with van der Waals surface area (Å²) in [5.74, 6) is -3.24. The first-order valence-corrected chi connectivity index (χ1v) is 9.97. The molecular formula is C15H14F3N3O6S2. The minimum absolute atomic E-state index is 0.154. The average Bonchev–Trinajstić information content (AvgIpc) is 3.05. The molecule has 1 atom stereocenters. The van der Waals surface area contributed by atoms with Gasteiger partial charge in [0, 0.05) is 0 Å². The van der Waals surface area contributed by atoms with Crippen LogP contribution in [0.4, 0.5) is 18.2 Å². The van der Waals surface area contributed by atoms with Crippen LogP contribution in [0.25, 0.3) is 0 Å². The van der Waals surface area contributed by atoms with Crippen molar-refractivity contribution >= 4 is 38.0 Å². The second-order valence-corrected chi connectivity index (χ2v) is 8.80. The van der Waals surface area contributed by atoms with E-state index in [1.54, 1.807) is 0 Å². The fraction of sp³-hybridized carbons (Fsp3) is 0.267. The number of sulfone groups is 1. The summed E-state index contributed by atoms with van der Waals surface area (Å²) in [6.07, 6.45) is -4.39. The van der Waals surface area contributed by atoms with Gasteiger partial charge in [0.25, 0.3) is 5.91 Å². The first kappa shape index (κ1) is 22.6. The highest BCUT2D eigenvalue weighted by molar-refractivity contribution is 7.93. The quantitative estimate of drug-likeness (QED) is 0.576. The van der Waals surface area contributed by atoms with Crippen LogP contribution in [-0.2, 0) is 14.6 Å². The van der Waals surface area contributed by atoms with E-state index in [1.807, 2.05) is 0 Å². The third-order valence-electron chi connectivity index (χ3n) is 3.42. The van der Waals surface area contributed by atoms with Gasteiger partial charge >= 0.3 is 6.36 Å². The van der Waals surface area contributed by atoms with E-state index in [1.165, 1.54) is 6.92 Å². The molecule has 0 saturated heterocycles. The minimum Gasteiger partial charge on any atom is -0.404 e. The zero-order chi connectivity index (χ0) is 22.0. The molecule has 0 fully saturated rings. The second kappa shape index (κ2) is 8.34. The highest BCUT2D eigenvalue weighted by Crippen LogP contribution is 2.35. The number of thiophene rings is 1. The standard InChI is InChI=1S/C15H14F3N3O6S2/c1-7(6-22)13(24)21-14-9(12(19)23)4-11(28-14)29(25,26)10-3-2-8(5-20-10)27-15(16,17)18/h2-5,7,22H,6H2,1H3,(H2,19,23)(H,21,24). The Bertz CT molecular complexity index is 1020. The number of primary amides is 1. The highest BCUT2D eigenvalue weighted by Gasteiger charge is 2.32. The molecule has 4 N–H and O–H groups in total. The molecule has 0 aliphatic heterocycles. The molecule has 9 nitrogen and oxygen atoms in total. The predicted octanol–water partition coefficient (Wildman–Crippen LogP) is 1.54. The molecule has 2 aromatic heterocycles. The largest absolute Gasteiger partial charge is 0.573 e. The molecule has 14 heteroatoms. The van der Waals surface area contributed by atoms with Crippen LogP contribution < -0.4 is 15.8 Å². The number of aliphatic hydroxyl groups excluding tert-OH is 1. The summed E-state index contributed by atoms with van der Waals surface area (Å²) in [5, 5.41) is 10.6. The lowest BCUT2D eigenvalue weighted by Gasteiger charge is -2.09. The van der Waals surface area contributed by atoms with E-state index in [2.05, 4.69) is 15.0 Å². The smallest absolute Gasteiger partial charge is 0.404 e. The number of nitrogens with two attached hydrogens (primary N) is 1. The van der Waals surface area contributed by atoms with Crippen molar-refractivity contribution in [3.63, 3.8) is 0 Å². The Hall–Kier alpha value is -2.71. The number of nitrogens with one attached hydrogen (secondary N) is 1. The predicted molar refractivity (Wildman–Crippen MR) is 94.1 cm³/mol. The van der Waals surface area contributed by atoms with Crippen LogP contribution in [0.1, 0.15) is 17.3 Å². The monoisotopic (exact) mass is 453 g/mol. The first-order chi connectivity index (χ1) is 13.3. The van der Waals surface area contributed by atoms with E-state index in [4.69, 9.17) is 10.8 Å². The first-order valence-electron chi connectivity index (χ1n) is 7.67. The van der Waals surface area contributed by atoms with Gasteiger partial charge in [0.1, 0.15) is 15.0 Å². The Morgan fingerprint density at radius 3 is 2.52 bits per heavy atom. The molecule has 0 aliphatic rings. The minimum atomic E-state index is -4.97. The van der Waals surface area contributed by atoms with Gasteiger partial charge in [-0.25, -0.2) is 13.4 Å². The van der Waals surface area contributed by atoms with E-state index in [0.29, 0.717) is 17.5 Å². The van der Waals surface area contributed by atoms with Crippen molar-refractivity contribution in [2.24, 2.45) is 11.7 Å². The Morgan fingerprint density at radius 2 is 2.03 bits per heavy atom. The molecule has 0 saturated carbocycles. The van der Waals surface area contributed by atoms with E-state index in [0.717, 1.165) is 18.2 Å². The number of alkyl halides is 3. The van der Waals surface area contributed by atoms with Gasteiger partial charge < -0.3 is 20.9 Å². The fourth-order valence-corrected chi connectivity index (χ4v) is 4.58. The van der Waals surface area contributed by atoms with Crippen LogP contribution >= 0.6 is 11.3 Å². The maximum absolute atomic E-state index is 12.7. The van der Waals surface area contributed by atoms with E-state index in [9.17, 15) is 31.2 Å². The molecule has 0 aromatic carbocycles. The summed E-state index contributed by atoms with van der Waals surface area (Å²) in [7, 11) is -4.33. The van der Waals surface area contributed by atoms with Crippen molar-refractivity contribution in [1.29, 1.82) is 0 Å². The number of hydrogen-bond donors (Lipinski definition) is 3. The van der Waals surface area contributed by atoms with Crippen LogP contribution in [-0.4, -0.2) is 43.3 Å². The van der Waals surface area contributed by atoms with Gasteiger partial charge in [-0.3, -0.25) is 9.59 Å². The zero-order valence-corrected chi connectivity index (χ0v) is 16.2. The van der Waals surface area contributed by atoms with Gasteiger partial charge in [0.05, 0.1) is 24.3 Å². The third-order valence-corrected chi connectivity index (χ3v) is 6.61. The molecule has 0 spiro atoms. The molecule has 0 bridgehead atoms. The number of anilines is 1. The molecular weight excluding hydrogens is 439 g/mol. The average molecular weight is 453 g/mol. The van der Waals surface area contributed by atoms with Crippen LogP contribution in [0.2, 0.25) is 0 Å². The molecule has 2 rings (SSSR count). The molecule has 2 heterocycles. The summed E-state index contributed by atoms with van der Waals surface area (Å²) < 4.78 is 65.1. The normalized spacial score (nSPS) is 13.0. The number of aromatic nitrogens is 1. The van der Waals surface area contributed by atoms with Gasteiger partial charge in [-0.05, 0) is 18.2 Å². The number of carbonyl (C=O) groups is 2. The number of hydrogen-bond acceptors (Lipinski definition) is 8. The van der Waals surface area contributed by atoms with Gasteiger partial charge in [0.2, 0.25) is 15.7 Å². The Balaban J connectivity index is 2.38. The Morgan fingerprint density at radius 1 is 1.38 bits per heavy atom. The zero-order valence-electron chi connectivity index (χ0n) is 14.6. The topological polar surface area (TPSA) is 149 Å². The van der Waals surface area contributed by atoms with Gasteiger partial charge in [0.15, 0.2) is 5.03 Å².